The van der Waals surface area contributed by atoms with Crippen LogP contribution in [0.2, 0.25) is 0 Å². The van der Waals surface area contributed by atoms with E-state index < -0.39 is 0 Å². The predicted molar refractivity (Wildman–Crippen MR) is 122 cm³/mol. The number of nitrogens with one attached hydrogen (secondary N) is 2. The topological polar surface area (TPSA) is 55.0 Å². The Bertz CT molecular complexity index is 543. The van der Waals surface area contributed by atoms with Crippen molar-refractivity contribution in [3.8, 4) is 0 Å². The molecule has 0 aromatic carbocycles. The van der Waals surface area contributed by atoms with E-state index in [9.17, 15) is 0 Å². The predicted octanol–water partition coefficient (Wildman–Crippen LogP) is 3.05. The monoisotopic (exact) mass is 435 g/mol. The van der Waals surface area contributed by atoms with Gasteiger partial charge in [-0.2, -0.15) is 0 Å². The Kier molecular flexibility index (Phi) is 7.85. The van der Waals surface area contributed by atoms with Gasteiger partial charge in [0.25, 0.3) is 0 Å². The van der Waals surface area contributed by atoms with E-state index in [1.54, 1.807) is 0 Å². The van der Waals surface area contributed by atoms with Crippen LogP contribution in [0, 0.1) is 5.92 Å². The summed E-state index contributed by atoms with van der Waals surface area (Å²) < 4.78 is 18.9. The molecule has 31 heavy (non-hydrogen) atoms. The van der Waals surface area contributed by atoms with E-state index in [2.05, 4.69) is 15.5 Å². The largest absolute Gasteiger partial charge is 0.378 e. The number of fused-ring (bicyclic) bond motifs is 8. The summed E-state index contributed by atoms with van der Waals surface area (Å²) in [4.78, 5) is 2.73. The lowest BCUT2D eigenvalue weighted by Crippen LogP contribution is -2.70. The molecule has 0 radical (unpaired) electrons. The van der Waals surface area contributed by atoms with Gasteiger partial charge in [0.05, 0.1) is 37.5 Å². The maximum absolute atomic E-state index is 6.67. The standard InChI is InChI=1S/C25H45N3O3/c1-2-14-28-15-5-12-25(19-29-17-13-26-25)23(28)18-31-21-10-8-20(9-11-21)22-6-4-7-24(27-22)30-16-3-1/h20-24,26-27H,1-19H2/t20?,21?,22?,23-,24?,25+/m0/s1. The van der Waals surface area contributed by atoms with Crippen LogP contribution in [0.3, 0.4) is 0 Å². The molecule has 5 aliphatic heterocycles. The molecule has 2 unspecified atom stereocenters. The zero-order valence-corrected chi connectivity index (χ0v) is 19.5. The Morgan fingerprint density at radius 2 is 1.71 bits per heavy atom. The highest BCUT2D eigenvalue weighted by atomic mass is 16.5. The average molecular weight is 436 g/mol. The second-order valence-corrected chi connectivity index (χ2v) is 10.8. The number of ether oxygens (including phenoxy) is 3. The van der Waals surface area contributed by atoms with Crippen LogP contribution in [-0.2, 0) is 14.2 Å². The van der Waals surface area contributed by atoms with Gasteiger partial charge in [0.2, 0.25) is 0 Å². The zero-order chi connectivity index (χ0) is 20.9. The fourth-order valence-corrected chi connectivity index (χ4v) is 6.99. The Morgan fingerprint density at radius 3 is 2.58 bits per heavy atom. The average Bonchev–Trinajstić information content (AvgIpc) is 2.82. The second-order valence-electron chi connectivity index (χ2n) is 10.8. The molecule has 0 amide bonds. The smallest absolute Gasteiger partial charge is 0.108 e. The van der Waals surface area contributed by atoms with Crippen LogP contribution in [0.1, 0.15) is 77.0 Å². The van der Waals surface area contributed by atoms with Crippen LogP contribution < -0.4 is 10.6 Å². The van der Waals surface area contributed by atoms with Crippen molar-refractivity contribution < 1.29 is 14.2 Å². The van der Waals surface area contributed by atoms with Crippen molar-refractivity contribution in [3.63, 3.8) is 0 Å². The third kappa shape index (κ3) is 5.47. The summed E-state index contributed by atoms with van der Waals surface area (Å²) in [5.74, 6) is 0.799. The highest BCUT2D eigenvalue weighted by molar-refractivity contribution is 5.04. The van der Waals surface area contributed by atoms with Crippen LogP contribution >= 0.6 is 0 Å². The Balaban J connectivity index is 1.27. The molecule has 0 aromatic heterocycles. The third-order valence-corrected chi connectivity index (χ3v) is 8.80. The quantitative estimate of drug-likeness (QED) is 0.610. The van der Waals surface area contributed by atoms with Gasteiger partial charge in [-0.05, 0) is 96.1 Å². The molecule has 1 aliphatic carbocycles. The lowest BCUT2D eigenvalue weighted by Gasteiger charge is -2.52. The fourth-order valence-electron chi connectivity index (χ4n) is 6.99. The molecule has 1 saturated carbocycles. The van der Waals surface area contributed by atoms with Gasteiger partial charge < -0.3 is 19.5 Å². The zero-order valence-electron chi connectivity index (χ0n) is 19.5. The number of hydrogen-bond acceptors (Lipinski definition) is 6. The second kappa shape index (κ2) is 10.8. The number of morpholine rings is 1. The summed E-state index contributed by atoms with van der Waals surface area (Å²) in [7, 11) is 0. The van der Waals surface area contributed by atoms with Gasteiger partial charge >= 0.3 is 0 Å². The van der Waals surface area contributed by atoms with E-state index in [1.807, 2.05) is 0 Å². The molecule has 6 rings (SSSR count). The first-order valence-corrected chi connectivity index (χ1v) is 13.4. The molecule has 1 spiro atoms. The minimum Gasteiger partial charge on any atom is -0.378 e. The van der Waals surface area contributed by atoms with Crippen molar-refractivity contribution in [2.24, 2.45) is 5.92 Å². The van der Waals surface area contributed by atoms with Crippen molar-refractivity contribution in [2.45, 2.75) is 107 Å². The highest BCUT2D eigenvalue weighted by Crippen LogP contribution is 2.35. The van der Waals surface area contributed by atoms with Gasteiger partial charge in [0.15, 0.2) is 0 Å². The van der Waals surface area contributed by atoms with Crippen molar-refractivity contribution in [3.05, 3.63) is 0 Å². The molecular weight excluding hydrogens is 390 g/mol. The van der Waals surface area contributed by atoms with E-state index in [-0.39, 0.29) is 11.8 Å². The lowest BCUT2D eigenvalue weighted by molar-refractivity contribution is -0.0922. The number of piperidine rings is 2. The lowest BCUT2D eigenvalue weighted by atomic mass is 9.79. The van der Waals surface area contributed by atoms with Gasteiger partial charge in [-0.1, -0.05) is 0 Å². The fraction of sp³-hybridized carbons (Fsp3) is 1.00. The van der Waals surface area contributed by atoms with Gasteiger partial charge in [-0.3, -0.25) is 10.2 Å². The molecule has 178 valence electrons. The summed E-state index contributed by atoms with van der Waals surface area (Å²) >= 11 is 0. The van der Waals surface area contributed by atoms with E-state index >= 15 is 0 Å². The van der Waals surface area contributed by atoms with E-state index in [0.717, 1.165) is 38.9 Å². The van der Waals surface area contributed by atoms with Crippen LogP contribution in [-0.4, -0.2) is 80.9 Å². The molecule has 4 atom stereocenters. The number of nitrogens with zero attached hydrogens (tertiary/aromatic N) is 1. The molecule has 2 N–H and O–H groups in total. The molecule has 5 heterocycles. The van der Waals surface area contributed by atoms with Crippen molar-refractivity contribution >= 4 is 0 Å². The molecule has 5 saturated heterocycles. The Hall–Kier alpha value is -0.240. The third-order valence-electron chi connectivity index (χ3n) is 8.80. The minimum atomic E-state index is 0.0840. The van der Waals surface area contributed by atoms with Crippen LogP contribution in [0.25, 0.3) is 0 Å². The first-order chi connectivity index (χ1) is 15.3. The summed E-state index contributed by atoms with van der Waals surface area (Å²) in [6.07, 6.45) is 15.7. The molecule has 6 heteroatoms. The van der Waals surface area contributed by atoms with Crippen LogP contribution in [0.5, 0.6) is 0 Å². The minimum absolute atomic E-state index is 0.0840. The van der Waals surface area contributed by atoms with Crippen molar-refractivity contribution in [2.75, 3.05) is 46.1 Å². The Morgan fingerprint density at radius 1 is 0.806 bits per heavy atom. The Labute approximate surface area is 189 Å². The summed E-state index contributed by atoms with van der Waals surface area (Å²) in [6.45, 7) is 6.80. The van der Waals surface area contributed by atoms with E-state index in [1.165, 1.54) is 90.1 Å². The first kappa shape index (κ1) is 22.5. The van der Waals surface area contributed by atoms with Gasteiger partial charge in [-0.15, -0.1) is 0 Å². The van der Waals surface area contributed by atoms with Crippen molar-refractivity contribution in [1.29, 1.82) is 0 Å². The molecule has 6 aliphatic rings. The number of hydrogen-bond donors (Lipinski definition) is 2. The summed E-state index contributed by atoms with van der Waals surface area (Å²) in [5.41, 5.74) is 0.0840. The maximum atomic E-state index is 6.67. The SMILES string of the molecule is C1CCOC2CCCC(N2)C2CCC(CC2)OC[C@@H]2N(CC1)CCC[C@@]21COCCN1. The summed E-state index contributed by atoms with van der Waals surface area (Å²) in [5, 5.41) is 7.75. The van der Waals surface area contributed by atoms with Crippen LogP contribution in [0.4, 0.5) is 0 Å². The van der Waals surface area contributed by atoms with Gasteiger partial charge in [-0.25, -0.2) is 0 Å². The maximum Gasteiger partial charge on any atom is 0.108 e. The normalized spacial score (nSPS) is 43.9. The van der Waals surface area contributed by atoms with Gasteiger partial charge in [0, 0.05) is 19.2 Å². The highest BCUT2D eigenvalue weighted by Gasteiger charge is 2.46. The summed E-state index contributed by atoms with van der Waals surface area (Å²) in [6, 6.07) is 1.09. The first-order valence-electron chi connectivity index (χ1n) is 13.4. The van der Waals surface area contributed by atoms with E-state index in [0.29, 0.717) is 18.2 Å². The molecule has 0 aromatic rings. The van der Waals surface area contributed by atoms with Crippen molar-refractivity contribution in [1.82, 2.24) is 15.5 Å². The molecular formula is C25H45N3O3. The molecule has 6 nitrogen and oxygen atoms in total. The van der Waals surface area contributed by atoms with Crippen LogP contribution in [0.15, 0.2) is 0 Å². The van der Waals surface area contributed by atoms with E-state index in [4.69, 9.17) is 14.2 Å². The van der Waals surface area contributed by atoms with Gasteiger partial charge in [0.1, 0.15) is 6.23 Å². The number of rotatable bonds is 0. The molecule has 6 fully saturated rings. The molecule has 4 bridgehead atoms.